The van der Waals surface area contributed by atoms with E-state index in [9.17, 15) is 0 Å². The number of benzene rings is 3. The first-order chi connectivity index (χ1) is 16.7. The van der Waals surface area contributed by atoms with Gasteiger partial charge in [-0.1, -0.05) is 66.7 Å². The van der Waals surface area contributed by atoms with Crippen LogP contribution in [0.2, 0.25) is 0 Å². The second-order valence-electron chi connectivity index (χ2n) is 8.08. The van der Waals surface area contributed by atoms with Gasteiger partial charge in [-0.2, -0.15) is 0 Å². The third-order valence-corrected chi connectivity index (χ3v) is 5.93. The molecule has 3 aromatic carbocycles. The minimum absolute atomic E-state index is 0.367. The summed E-state index contributed by atoms with van der Waals surface area (Å²) in [6, 6.07) is 38.2. The van der Waals surface area contributed by atoms with Crippen molar-refractivity contribution >= 4 is 0 Å². The molecule has 0 fully saturated rings. The highest BCUT2D eigenvalue weighted by atomic mass is 16.5. The number of hydrogen-bond acceptors (Lipinski definition) is 4. The largest absolute Gasteiger partial charge is 0.439 e. The van der Waals surface area contributed by atoms with Crippen LogP contribution in [-0.2, 0) is 5.41 Å². The number of nitrogens with zero attached hydrogens (tertiary/aromatic N) is 2. The lowest BCUT2D eigenvalue weighted by Crippen LogP contribution is -2.25. The standard InChI is InChI=1S/C30H24N2O2/c1-30(23-9-3-2-4-10-23,24-13-17-26(18-14-24)33-28-11-5-7-21-31-28)25-15-19-27(20-16-25)34-29-12-6-8-22-32-29/h2-22H,1H3. The zero-order valence-corrected chi connectivity index (χ0v) is 18.8. The van der Waals surface area contributed by atoms with Crippen LogP contribution in [0.15, 0.2) is 128 Å². The van der Waals surface area contributed by atoms with E-state index in [1.165, 1.54) is 5.56 Å². The second kappa shape index (κ2) is 9.59. The van der Waals surface area contributed by atoms with Crippen LogP contribution < -0.4 is 9.47 Å². The fraction of sp³-hybridized carbons (Fsp3) is 0.0667. The Morgan fingerprint density at radius 1 is 0.471 bits per heavy atom. The lowest BCUT2D eigenvalue weighted by atomic mass is 9.71. The first-order valence-electron chi connectivity index (χ1n) is 11.2. The lowest BCUT2D eigenvalue weighted by Gasteiger charge is -2.32. The number of pyridine rings is 2. The summed E-state index contributed by atoms with van der Waals surface area (Å²) in [6.07, 6.45) is 3.44. The van der Waals surface area contributed by atoms with Crippen molar-refractivity contribution in [2.75, 3.05) is 0 Å². The molecule has 0 bridgehead atoms. The van der Waals surface area contributed by atoms with Crippen molar-refractivity contribution in [1.82, 2.24) is 9.97 Å². The normalized spacial score (nSPS) is 11.1. The molecule has 34 heavy (non-hydrogen) atoms. The molecule has 0 N–H and O–H groups in total. The van der Waals surface area contributed by atoms with Crippen LogP contribution in [-0.4, -0.2) is 9.97 Å². The molecule has 5 aromatic rings. The van der Waals surface area contributed by atoms with E-state index in [0.29, 0.717) is 11.8 Å². The molecule has 166 valence electrons. The third-order valence-electron chi connectivity index (χ3n) is 5.93. The van der Waals surface area contributed by atoms with Crippen LogP contribution in [0.1, 0.15) is 23.6 Å². The minimum Gasteiger partial charge on any atom is -0.439 e. The van der Waals surface area contributed by atoms with Crippen LogP contribution in [0.3, 0.4) is 0 Å². The summed E-state index contributed by atoms with van der Waals surface area (Å²) >= 11 is 0. The number of ether oxygens (including phenoxy) is 2. The van der Waals surface area contributed by atoms with Crippen molar-refractivity contribution in [2.24, 2.45) is 0 Å². The molecule has 0 unspecified atom stereocenters. The fourth-order valence-corrected chi connectivity index (χ4v) is 4.04. The summed E-state index contributed by atoms with van der Waals surface area (Å²) in [6.45, 7) is 2.24. The summed E-state index contributed by atoms with van der Waals surface area (Å²) in [5, 5.41) is 0. The van der Waals surface area contributed by atoms with Crippen LogP contribution in [0, 0.1) is 0 Å². The van der Waals surface area contributed by atoms with Crippen molar-refractivity contribution in [2.45, 2.75) is 12.3 Å². The van der Waals surface area contributed by atoms with Gasteiger partial charge in [0.15, 0.2) is 0 Å². The van der Waals surface area contributed by atoms with E-state index in [1.807, 2.05) is 66.7 Å². The Morgan fingerprint density at radius 3 is 1.29 bits per heavy atom. The molecule has 0 aliphatic heterocycles. The topological polar surface area (TPSA) is 44.2 Å². The Balaban J connectivity index is 1.47. The Kier molecular flexibility index (Phi) is 6.04. The Labute approximate surface area is 199 Å². The highest BCUT2D eigenvalue weighted by Crippen LogP contribution is 2.40. The molecule has 0 aliphatic rings. The van der Waals surface area contributed by atoms with E-state index in [-0.39, 0.29) is 5.41 Å². The van der Waals surface area contributed by atoms with Crippen molar-refractivity contribution in [1.29, 1.82) is 0 Å². The molecular weight excluding hydrogens is 420 g/mol. The van der Waals surface area contributed by atoms with Gasteiger partial charge in [-0.3, -0.25) is 0 Å². The number of aromatic nitrogens is 2. The van der Waals surface area contributed by atoms with Crippen molar-refractivity contribution in [3.8, 4) is 23.3 Å². The van der Waals surface area contributed by atoms with Gasteiger partial charge in [-0.15, -0.1) is 0 Å². The molecule has 0 saturated carbocycles. The van der Waals surface area contributed by atoms with E-state index in [2.05, 4.69) is 65.4 Å². The van der Waals surface area contributed by atoms with E-state index >= 15 is 0 Å². The highest BCUT2D eigenvalue weighted by Gasteiger charge is 2.31. The van der Waals surface area contributed by atoms with Crippen LogP contribution in [0.25, 0.3) is 0 Å². The molecule has 0 amide bonds. The summed E-state index contributed by atoms with van der Waals surface area (Å²) < 4.78 is 11.8. The van der Waals surface area contributed by atoms with Crippen molar-refractivity contribution < 1.29 is 9.47 Å². The van der Waals surface area contributed by atoms with Gasteiger partial charge in [0.2, 0.25) is 11.8 Å². The van der Waals surface area contributed by atoms with Gasteiger partial charge < -0.3 is 9.47 Å². The summed E-state index contributed by atoms with van der Waals surface area (Å²) in [7, 11) is 0. The molecule has 0 saturated heterocycles. The van der Waals surface area contributed by atoms with Crippen molar-refractivity contribution in [3.05, 3.63) is 144 Å². The Morgan fingerprint density at radius 2 is 0.882 bits per heavy atom. The first kappa shape index (κ1) is 21.4. The Bertz CT molecular complexity index is 1240. The SMILES string of the molecule is CC(c1ccccc1)(c1ccc(Oc2ccccn2)cc1)c1ccc(Oc2ccccn2)cc1. The van der Waals surface area contributed by atoms with Gasteiger partial charge in [-0.05, 0) is 60.0 Å². The maximum absolute atomic E-state index is 5.90. The third kappa shape index (κ3) is 4.52. The highest BCUT2D eigenvalue weighted by molar-refractivity contribution is 5.51. The van der Waals surface area contributed by atoms with E-state index in [1.54, 1.807) is 12.4 Å². The average Bonchev–Trinajstić information content (AvgIpc) is 2.91. The van der Waals surface area contributed by atoms with Crippen LogP contribution >= 0.6 is 0 Å². The molecule has 0 aliphatic carbocycles. The zero-order chi connectivity index (χ0) is 23.2. The maximum atomic E-state index is 5.90. The fourth-order valence-electron chi connectivity index (χ4n) is 4.04. The predicted molar refractivity (Wildman–Crippen MR) is 134 cm³/mol. The van der Waals surface area contributed by atoms with E-state index in [4.69, 9.17) is 9.47 Å². The Hall–Kier alpha value is -4.44. The zero-order valence-electron chi connectivity index (χ0n) is 18.8. The summed E-state index contributed by atoms with van der Waals surface area (Å²) in [4.78, 5) is 8.48. The molecule has 4 heteroatoms. The molecule has 0 radical (unpaired) electrons. The van der Waals surface area contributed by atoms with Crippen LogP contribution in [0.4, 0.5) is 0 Å². The van der Waals surface area contributed by atoms with Crippen molar-refractivity contribution in [3.63, 3.8) is 0 Å². The number of rotatable bonds is 7. The molecule has 4 nitrogen and oxygen atoms in total. The van der Waals surface area contributed by atoms with E-state index < -0.39 is 0 Å². The predicted octanol–water partition coefficient (Wildman–Crippen LogP) is 7.42. The van der Waals surface area contributed by atoms with Crippen LogP contribution in [0.5, 0.6) is 23.3 Å². The van der Waals surface area contributed by atoms with E-state index in [0.717, 1.165) is 22.6 Å². The second-order valence-corrected chi connectivity index (χ2v) is 8.08. The molecule has 5 rings (SSSR count). The lowest BCUT2D eigenvalue weighted by molar-refractivity contribution is 0.462. The smallest absolute Gasteiger partial charge is 0.219 e. The molecular formula is C30H24N2O2. The first-order valence-corrected chi connectivity index (χ1v) is 11.2. The van der Waals surface area contributed by atoms with Gasteiger partial charge >= 0.3 is 0 Å². The van der Waals surface area contributed by atoms with Gasteiger partial charge in [-0.25, -0.2) is 9.97 Å². The quantitative estimate of drug-likeness (QED) is 0.245. The molecule has 2 aromatic heterocycles. The van der Waals surface area contributed by atoms with Gasteiger partial charge in [0, 0.05) is 29.9 Å². The monoisotopic (exact) mass is 444 g/mol. The molecule has 0 atom stereocenters. The van der Waals surface area contributed by atoms with Gasteiger partial charge in [0.05, 0.1) is 0 Å². The maximum Gasteiger partial charge on any atom is 0.219 e. The van der Waals surface area contributed by atoms with Gasteiger partial charge in [0.25, 0.3) is 0 Å². The average molecular weight is 445 g/mol. The molecule has 0 spiro atoms. The summed E-state index contributed by atoms with van der Waals surface area (Å²) in [5.74, 6) is 2.64. The minimum atomic E-state index is -0.367. The number of hydrogen-bond donors (Lipinski definition) is 0. The summed E-state index contributed by atoms with van der Waals surface area (Å²) in [5.41, 5.74) is 3.15. The molecule has 2 heterocycles. The van der Waals surface area contributed by atoms with Gasteiger partial charge in [0.1, 0.15) is 11.5 Å².